The number of anilines is 2. The molecule has 27 heavy (non-hydrogen) atoms. The zero-order chi connectivity index (χ0) is 19.0. The molecule has 2 aliphatic rings. The Morgan fingerprint density at radius 1 is 1.22 bits per heavy atom. The van der Waals surface area contributed by atoms with Gasteiger partial charge in [-0.15, -0.1) is 0 Å². The van der Waals surface area contributed by atoms with Gasteiger partial charge in [-0.2, -0.15) is 0 Å². The molecular formula is C21H23N3O3. The number of hydrogen-bond donors (Lipinski definition) is 1. The molecular weight excluding hydrogens is 342 g/mol. The van der Waals surface area contributed by atoms with E-state index >= 15 is 0 Å². The molecule has 1 aromatic carbocycles. The number of carbonyl (C=O) groups excluding carboxylic acids is 1. The Morgan fingerprint density at radius 2 is 2.04 bits per heavy atom. The minimum absolute atomic E-state index is 0.0219. The van der Waals surface area contributed by atoms with E-state index < -0.39 is 5.97 Å². The summed E-state index contributed by atoms with van der Waals surface area (Å²) >= 11 is 0. The first-order chi connectivity index (χ1) is 13.0. The van der Waals surface area contributed by atoms with Crippen molar-refractivity contribution in [2.45, 2.75) is 25.7 Å². The van der Waals surface area contributed by atoms with E-state index in [0.717, 1.165) is 36.6 Å². The summed E-state index contributed by atoms with van der Waals surface area (Å²) in [5.41, 5.74) is 2.32. The van der Waals surface area contributed by atoms with Crippen molar-refractivity contribution in [1.82, 2.24) is 4.98 Å². The lowest BCUT2D eigenvalue weighted by molar-refractivity contribution is -0.137. The van der Waals surface area contributed by atoms with Crippen LogP contribution in [0.2, 0.25) is 0 Å². The smallest absolute Gasteiger partial charge is 0.304 e. The zero-order valence-electron chi connectivity index (χ0n) is 15.3. The third kappa shape index (κ3) is 3.39. The maximum atomic E-state index is 13.2. The number of fused-ring (bicyclic) bond motifs is 1. The van der Waals surface area contributed by atoms with E-state index in [1.54, 1.807) is 17.2 Å². The van der Waals surface area contributed by atoms with Gasteiger partial charge in [-0.1, -0.05) is 25.1 Å². The molecule has 0 radical (unpaired) electrons. The van der Waals surface area contributed by atoms with Crippen molar-refractivity contribution in [3.63, 3.8) is 0 Å². The number of benzene rings is 1. The van der Waals surface area contributed by atoms with Gasteiger partial charge in [0, 0.05) is 43.0 Å². The summed E-state index contributed by atoms with van der Waals surface area (Å²) < 4.78 is 0. The number of nitrogens with zero attached hydrogens (tertiary/aromatic N) is 3. The van der Waals surface area contributed by atoms with Gasteiger partial charge in [-0.3, -0.25) is 9.59 Å². The van der Waals surface area contributed by atoms with Gasteiger partial charge in [-0.05, 0) is 36.1 Å². The van der Waals surface area contributed by atoms with Crippen LogP contribution in [0.4, 0.5) is 11.5 Å². The van der Waals surface area contributed by atoms with Crippen molar-refractivity contribution < 1.29 is 14.7 Å². The number of hydrogen-bond acceptors (Lipinski definition) is 4. The average Bonchev–Trinajstić information content (AvgIpc) is 3.25. The number of carboxylic acids is 1. The van der Waals surface area contributed by atoms with Crippen LogP contribution in [-0.4, -0.2) is 41.6 Å². The Hall–Kier alpha value is -2.89. The highest BCUT2D eigenvalue weighted by atomic mass is 16.4. The van der Waals surface area contributed by atoms with E-state index in [2.05, 4.69) is 16.8 Å². The molecule has 0 bridgehead atoms. The largest absolute Gasteiger partial charge is 0.481 e. The van der Waals surface area contributed by atoms with Gasteiger partial charge in [0.1, 0.15) is 5.82 Å². The first-order valence-corrected chi connectivity index (χ1v) is 9.36. The Bertz CT molecular complexity index is 882. The fourth-order valence-corrected chi connectivity index (χ4v) is 4.10. The Labute approximate surface area is 158 Å². The topological polar surface area (TPSA) is 73.7 Å². The second-order valence-electron chi connectivity index (χ2n) is 7.51. The van der Waals surface area contributed by atoms with Crippen LogP contribution >= 0.6 is 0 Å². The molecule has 0 saturated carbocycles. The second-order valence-corrected chi connectivity index (χ2v) is 7.51. The molecule has 1 amide bonds. The van der Waals surface area contributed by atoms with Crippen molar-refractivity contribution >= 4 is 23.4 Å². The van der Waals surface area contributed by atoms with E-state index in [-0.39, 0.29) is 18.2 Å². The van der Waals surface area contributed by atoms with Crippen LogP contribution in [0.3, 0.4) is 0 Å². The van der Waals surface area contributed by atoms with Gasteiger partial charge in [0.05, 0.1) is 6.42 Å². The number of aromatic nitrogens is 1. The molecule has 1 fully saturated rings. The Morgan fingerprint density at radius 3 is 2.78 bits per heavy atom. The third-order valence-electron chi connectivity index (χ3n) is 5.48. The molecule has 2 unspecified atom stereocenters. The van der Waals surface area contributed by atoms with Crippen LogP contribution in [0.25, 0.3) is 0 Å². The normalized spacial score (nSPS) is 21.4. The maximum Gasteiger partial charge on any atom is 0.304 e. The van der Waals surface area contributed by atoms with Crippen LogP contribution in [0.15, 0.2) is 42.6 Å². The lowest BCUT2D eigenvalue weighted by Crippen LogP contribution is -2.30. The quantitative estimate of drug-likeness (QED) is 0.901. The zero-order valence-corrected chi connectivity index (χ0v) is 15.3. The Balaban J connectivity index is 1.61. The minimum Gasteiger partial charge on any atom is -0.481 e. The molecule has 3 heterocycles. The summed E-state index contributed by atoms with van der Waals surface area (Å²) in [4.78, 5) is 32.8. The molecule has 6 nitrogen and oxygen atoms in total. The number of aliphatic carboxylic acids is 1. The van der Waals surface area contributed by atoms with Crippen molar-refractivity contribution in [2.24, 2.45) is 5.92 Å². The molecule has 2 aromatic rings. The molecule has 4 rings (SSSR count). The maximum absolute atomic E-state index is 13.2. The number of carbonyl (C=O) groups is 2. The average molecular weight is 365 g/mol. The second kappa shape index (κ2) is 7.02. The highest BCUT2D eigenvalue weighted by Crippen LogP contribution is 2.38. The fourth-order valence-electron chi connectivity index (χ4n) is 4.10. The van der Waals surface area contributed by atoms with Crippen LogP contribution in [0.1, 0.15) is 41.6 Å². The van der Waals surface area contributed by atoms with Crippen molar-refractivity contribution in [3.05, 3.63) is 53.7 Å². The van der Waals surface area contributed by atoms with Crippen molar-refractivity contribution in [1.29, 1.82) is 0 Å². The first kappa shape index (κ1) is 17.5. The van der Waals surface area contributed by atoms with Crippen LogP contribution < -0.4 is 9.80 Å². The predicted molar refractivity (Wildman–Crippen MR) is 103 cm³/mol. The summed E-state index contributed by atoms with van der Waals surface area (Å²) in [5.74, 6) is 0.334. The Kier molecular flexibility index (Phi) is 4.56. The van der Waals surface area contributed by atoms with Gasteiger partial charge in [0.25, 0.3) is 5.91 Å². The van der Waals surface area contributed by atoms with Crippen molar-refractivity contribution in [2.75, 3.05) is 29.4 Å². The van der Waals surface area contributed by atoms with Crippen molar-refractivity contribution in [3.8, 4) is 0 Å². The molecule has 1 saturated heterocycles. The van der Waals surface area contributed by atoms with Gasteiger partial charge in [0.15, 0.2) is 0 Å². The van der Waals surface area contributed by atoms with E-state index in [1.165, 1.54) is 0 Å². The highest BCUT2D eigenvalue weighted by molar-refractivity contribution is 6.08. The summed E-state index contributed by atoms with van der Waals surface area (Å²) in [5, 5.41) is 9.20. The summed E-state index contributed by atoms with van der Waals surface area (Å²) in [6.07, 6.45) is 2.84. The fraction of sp³-hybridized carbons (Fsp3) is 0.381. The molecule has 2 atom stereocenters. The first-order valence-electron chi connectivity index (χ1n) is 9.36. The molecule has 6 heteroatoms. The monoisotopic (exact) mass is 365 g/mol. The molecule has 1 N–H and O–H groups in total. The van der Waals surface area contributed by atoms with Crippen LogP contribution in [-0.2, 0) is 4.79 Å². The predicted octanol–water partition coefficient (Wildman–Crippen LogP) is 3.15. The van der Waals surface area contributed by atoms with Gasteiger partial charge in [-0.25, -0.2) is 4.98 Å². The highest BCUT2D eigenvalue weighted by Gasteiger charge is 2.34. The van der Waals surface area contributed by atoms with E-state index in [1.807, 2.05) is 30.3 Å². The van der Waals surface area contributed by atoms with E-state index in [0.29, 0.717) is 18.0 Å². The van der Waals surface area contributed by atoms with E-state index in [4.69, 9.17) is 0 Å². The summed E-state index contributed by atoms with van der Waals surface area (Å²) in [6, 6.07) is 11.2. The minimum atomic E-state index is -0.849. The molecule has 2 aliphatic heterocycles. The molecule has 0 aliphatic carbocycles. The van der Waals surface area contributed by atoms with Gasteiger partial charge in [0.2, 0.25) is 0 Å². The standard InChI is InChI=1S/C21H23N3O3/c1-14-7-9-23(12-14)19-10-15(6-8-22-19)21(27)24-13-16(11-20(25)26)17-4-2-3-5-18(17)24/h2-6,8,10,14,16H,7,9,11-13H2,1H3,(H,25,26). The number of para-hydroxylation sites is 1. The summed E-state index contributed by atoms with van der Waals surface area (Å²) in [6.45, 7) is 4.53. The lowest BCUT2D eigenvalue weighted by atomic mass is 9.98. The SMILES string of the molecule is CC1CCN(c2cc(C(=O)N3CC(CC(=O)O)c4ccccc43)ccn2)C1. The van der Waals surface area contributed by atoms with Crippen LogP contribution in [0.5, 0.6) is 0 Å². The number of carboxylic acid groups (broad SMARTS) is 1. The molecule has 1 aromatic heterocycles. The lowest BCUT2D eigenvalue weighted by Gasteiger charge is -2.20. The van der Waals surface area contributed by atoms with Crippen LogP contribution in [0, 0.1) is 5.92 Å². The van der Waals surface area contributed by atoms with Gasteiger partial charge >= 0.3 is 5.97 Å². The third-order valence-corrected chi connectivity index (χ3v) is 5.48. The summed E-state index contributed by atoms with van der Waals surface area (Å²) in [7, 11) is 0. The van der Waals surface area contributed by atoms with Gasteiger partial charge < -0.3 is 14.9 Å². The number of amides is 1. The number of pyridine rings is 1. The number of rotatable bonds is 4. The molecule has 140 valence electrons. The van der Waals surface area contributed by atoms with E-state index in [9.17, 15) is 14.7 Å². The molecule has 0 spiro atoms.